The van der Waals surface area contributed by atoms with Gasteiger partial charge in [-0.2, -0.15) is 0 Å². The Kier molecular flexibility index (Phi) is 3.85. The van der Waals surface area contributed by atoms with E-state index in [1.807, 2.05) is 31.2 Å². The molecule has 2 aromatic carbocycles. The second kappa shape index (κ2) is 5.57. The molecule has 1 N–H and O–H groups in total. The SMILES string of the molecule is Cc1cccc(-c2ccc(OCC(=O)O)c(C)c2)c1. The Morgan fingerprint density at radius 1 is 1.11 bits per heavy atom. The Labute approximate surface area is 112 Å². The third-order valence-electron chi connectivity index (χ3n) is 2.88. The zero-order valence-corrected chi connectivity index (χ0v) is 11.0. The van der Waals surface area contributed by atoms with E-state index in [-0.39, 0.29) is 6.61 Å². The van der Waals surface area contributed by atoms with E-state index < -0.39 is 5.97 Å². The lowest BCUT2D eigenvalue weighted by molar-refractivity contribution is -0.139. The molecule has 0 unspecified atom stereocenters. The van der Waals surface area contributed by atoms with E-state index >= 15 is 0 Å². The maximum absolute atomic E-state index is 10.5. The predicted octanol–water partition coefficient (Wildman–Crippen LogP) is 3.43. The minimum Gasteiger partial charge on any atom is -0.482 e. The fourth-order valence-electron chi connectivity index (χ4n) is 1.96. The van der Waals surface area contributed by atoms with Gasteiger partial charge < -0.3 is 9.84 Å². The third kappa shape index (κ3) is 3.35. The van der Waals surface area contributed by atoms with Crippen molar-refractivity contribution in [3.8, 4) is 16.9 Å². The largest absolute Gasteiger partial charge is 0.482 e. The van der Waals surface area contributed by atoms with Crippen LogP contribution in [0.5, 0.6) is 5.75 Å². The predicted molar refractivity (Wildman–Crippen MR) is 74.5 cm³/mol. The van der Waals surface area contributed by atoms with E-state index in [9.17, 15) is 4.79 Å². The molecule has 0 fully saturated rings. The molecule has 0 aliphatic heterocycles. The first kappa shape index (κ1) is 13.1. The molecule has 0 aliphatic carbocycles. The highest BCUT2D eigenvalue weighted by Crippen LogP contribution is 2.26. The van der Waals surface area contributed by atoms with Gasteiger partial charge in [0, 0.05) is 0 Å². The molecule has 3 nitrogen and oxygen atoms in total. The van der Waals surface area contributed by atoms with Crippen LogP contribution in [0.1, 0.15) is 11.1 Å². The standard InChI is InChI=1S/C16H16O3/c1-11-4-3-5-13(8-11)14-6-7-15(12(2)9-14)19-10-16(17)18/h3-9H,10H2,1-2H3,(H,17,18). The van der Waals surface area contributed by atoms with Gasteiger partial charge in [0.2, 0.25) is 0 Å². The van der Waals surface area contributed by atoms with Crippen LogP contribution in [0, 0.1) is 13.8 Å². The summed E-state index contributed by atoms with van der Waals surface area (Å²) in [5.41, 5.74) is 4.39. The summed E-state index contributed by atoms with van der Waals surface area (Å²) in [6, 6.07) is 14.0. The molecule has 0 aromatic heterocycles. The molecule has 0 spiro atoms. The van der Waals surface area contributed by atoms with Crippen LogP contribution in [0.3, 0.4) is 0 Å². The van der Waals surface area contributed by atoms with Crippen molar-refractivity contribution in [1.29, 1.82) is 0 Å². The number of ether oxygens (including phenoxy) is 1. The zero-order chi connectivity index (χ0) is 13.8. The zero-order valence-electron chi connectivity index (χ0n) is 11.0. The van der Waals surface area contributed by atoms with Gasteiger partial charge in [-0.3, -0.25) is 0 Å². The summed E-state index contributed by atoms with van der Waals surface area (Å²) in [4.78, 5) is 10.5. The maximum Gasteiger partial charge on any atom is 0.341 e. The van der Waals surface area contributed by atoms with E-state index in [0.717, 1.165) is 16.7 Å². The maximum atomic E-state index is 10.5. The Morgan fingerprint density at radius 3 is 2.47 bits per heavy atom. The molecule has 19 heavy (non-hydrogen) atoms. The Morgan fingerprint density at radius 2 is 1.84 bits per heavy atom. The number of hydrogen-bond donors (Lipinski definition) is 1. The summed E-state index contributed by atoms with van der Waals surface area (Å²) in [6.07, 6.45) is 0. The van der Waals surface area contributed by atoms with Gasteiger partial charge in [0.15, 0.2) is 6.61 Å². The van der Waals surface area contributed by atoms with E-state index in [2.05, 4.69) is 25.1 Å². The van der Waals surface area contributed by atoms with Gasteiger partial charge in [-0.15, -0.1) is 0 Å². The Balaban J connectivity index is 2.26. The van der Waals surface area contributed by atoms with Crippen LogP contribution in [-0.4, -0.2) is 17.7 Å². The summed E-state index contributed by atoms with van der Waals surface area (Å²) in [7, 11) is 0. The second-order valence-corrected chi connectivity index (χ2v) is 4.53. The number of hydrogen-bond acceptors (Lipinski definition) is 2. The molecule has 0 heterocycles. The fraction of sp³-hybridized carbons (Fsp3) is 0.188. The van der Waals surface area contributed by atoms with Crippen LogP contribution in [0.2, 0.25) is 0 Å². The molecule has 0 atom stereocenters. The van der Waals surface area contributed by atoms with E-state index in [1.54, 1.807) is 0 Å². The number of benzene rings is 2. The quantitative estimate of drug-likeness (QED) is 0.911. The van der Waals surface area contributed by atoms with Gasteiger partial charge in [-0.25, -0.2) is 4.79 Å². The lowest BCUT2D eigenvalue weighted by Crippen LogP contribution is -2.10. The smallest absolute Gasteiger partial charge is 0.341 e. The Hall–Kier alpha value is -2.29. The molecule has 98 valence electrons. The molecular formula is C16H16O3. The second-order valence-electron chi connectivity index (χ2n) is 4.53. The first-order valence-electron chi connectivity index (χ1n) is 6.08. The molecule has 2 rings (SSSR count). The summed E-state index contributed by atoms with van der Waals surface area (Å²) >= 11 is 0. The van der Waals surface area contributed by atoms with Crippen LogP contribution in [0.4, 0.5) is 0 Å². The van der Waals surface area contributed by atoms with Crippen molar-refractivity contribution in [3.63, 3.8) is 0 Å². The van der Waals surface area contributed by atoms with Crippen LogP contribution >= 0.6 is 0 Å². The van der Waals surface area contributed by atoms with Crippen molar-refractivity contribution >= 4 is 5.97 Å². The van der Waals surface area contributed by atoms with E-state index in [4.69, 9.17) is 9.84 Å². The number of carboxylic acids is 1. The average molecular weight is 256 g/mol. The highest BCUT2D eigenvalue weighted by molar-refractivity contribution is 5.69. The van der Waals surface area contributed by atoms with Gasteiger partial charge in [-0.1, -0.05) is 35.9 Å². The first-order valence-corrected chi connectivity index (χ1v) is 6.08. The van der Waals surface area contributed by atoms with Gasteiger partial charge in [-0.05, 0) is 42.7 Å². The molecule has 0 saturated heterocycles. The minimum atomic E-state index is -0.970. The normalized spacial score (nSPS) is 10.2. The van der Waals surface area contributed by atoms with Crippen molar-refractivity contribution in [1.82, 2.24) is 0 Å². The number of carbonyl (C=O) groups is 1. The van der Waals surface area contributed by atoms with Crippen molar-refractivity contribution in [2.75, 3.05) is 6.61 Å². The van der Waals surface area contributed by atoms with Crippen molar-refractivity contribution in [3.05, 3.63) is 53.6 Å². The topological polar surface area (TPSA) is 46.5 Å². The summed E-state index contributed by atoms with van der Waals surface area (Å²) in [5.74, 6) is -0.360. The van der Waals surface area contributed by atoms with Crippen molar-refractivity contribution in [2.24, 2.45) is 0 Å². The minimum absolute atomic E-state index is 0.315. The monoisotopic (exact) mass is 256 g/mol. The van der Waals surface area contributed by atoms with Gasteiger partial charge in [0.1, 0.15) is 5.75 Å². The third-order valence-corrected chi connectivity index (χ3v) is 2.88. The fourth-order valence-corrected chi connectivity index (χ4v) is 1.96. The highest BCUT2D eigenvalue weighted by atomic mass is 16.5. The molecular weight excluding hydrogens is 240 g/mol. The molecule has 2 aromatic rings. The van der Waals surface area contributed by atoms with E-state index in [0.29, 0.717) is 5.75 Å². The van der Waals surface area contributed by atoms with Crippen LogP contribution in [-0.2, 0) is 4.79 Å². The highest BCUT2D eigenvalue weighted by Gasteiger charge is 2.05. The van der Waals surface area contributed by atoms with Crippen LogP contribution in [0.15, 0.2) is 42.5 Å². The lowest BCUT2D eigenvalue weighted by atomic mass is 10.0. The molecule has 0 amide bonds. The van der Waals surface area contributed by atoms with Crippen molar-refractivity contribution < 1.29 is 14.6 Å². The summed E-state index contributed by atoms with van der Waals surface area (Å²) in [5, 5.41) is 8.60. The van der Waals surface area contributed by atoms with Gasteiger partial charge in [0.25, 0.3) is 0 Å². The molecule has 3 heteroatoms. The first-order chi connectivity index (χ1) is 9.06. The average Bonchev–Trinajstić information content (AvgIpc) is 2.37. The molecule has 0 bridgehead atoms. The number of aryl methyl sites for hydroxylation is 2. The van der Waals surface area contributed by atoms with E-state index in [1.165, 1.54) is 5.56 Å². The molecule has 0 aliphatic rings. The van der Waals surface area contributed by atoms with Gasteiger partial charge in [0.05, 0.1) is 0 Å². The Bertz CT molecular complexity index is 603. The number of aliphatic carboxylic acids is 1. The molecule has 0 saturated carbocycles. The van der Waals surface area contributed by atoms with Gasteiger partial charge >= 0.3 is 5.97 Å². The van der Waals surface area contributed by atoms with Crippen molar-refractivity contribution in [2.45, 2.75) is 13.8 Å². The number of carboxylic acid groups (broad SMARTS) is 1. The van der Waals surface area contributed by atoms with Crippen LogP contribution in [0.25, 0.3) is 11.1 Å². The molecule has 0 radical (unpaired) electrons. The number of rotatable bonds is 4. The summed E-state index contributed by atoms with van der Waals surface area (Å²) in [6.45, 7) is 3.65. The lowest BCUT2D eigenvalue weighted by Gasteiger charge is -2.09. The summed E-state index contributed by atoms with van der Waals surface area (Å²) < 4.78 is 5.21. The van der Waals surface area contributed by atoms with Crippen LogP contribution < -0.4 is 4.74 Å².